The fraction of sp³-hybridized carbons (Fsp3) is 0.457. The predicted octanol–water partition coefficient (Wildman–Crippen LogP) is 4.71. The maximum Gasteiger partial charge on any atom is 0.255 e. The van der Waals surface area contributed by atoms with Gasteiger partial charge in [-0.1, -0.05) is 38.3 Å². The average molecular weight is 583 g/mol. The van der Waals surface area contributed by atoms with Gasteiger partial charge in [-0.15, -0.1) is 0 Å². The Morgan fingerprint density at radius 3 is 2.53 bits per heavy atom. The fourth-order valence-electron chi connectivity index (χ4n) is 6.74. The van der Waals surface area contributed by atoms with Gasteiger partial charge in [0.1, 0.15) is 17.9 Å². The van der Waals surface area contributed by atoms with Crippen LogP contribution in [-0.4, -0.2) is 60.4 Å². The number of allylic oxidation sites excluding steroid dienone is 2. The molecule has 1 aliphatic carbocycles. The maximum atomic E-state index is 12.9. The van der Waals surface area contributed by atoms with Gasteiger partial charge >= 0.3 is 0 Å². The molecule has 6 rings (SSSR count). The van der Waals surface area contributed by atoms with Crippen LogP contribution in [0.15, 0.2) is 67.3 Å². The van der Waals surface area contributed by atoms with Gasteiger partial charge in [0.2, 0.25) is 11.8 Å². The smallest absolute Gasteiger partial charge is 0.255 e. The molecular formula is C35H42N4O4. The van der Waals surface area contributed by atoms with E-state index in [4.69, 9.17) is 4.74 Å². The van der Waals surface area contributed by atoms with Crippen LogP contribution in [0.1, 0.15) is 72.9 Å². The number of amides is 3. The molecule has 3 heterocycles. The lowest BCUT2D eigenvalue weighted by atomic mass is 9.88. The Labute approximate surface area is 254 Å². The summed E-state index contributed by atoms with van der Waals surface area (Å²) in [5.74, 6) is 0.914. The lowest BCUT2D eigenvalue weighted by Crippen LogP contribution is -2.52. The molecule has 0 radical (unpaired) electrons. The molecule has 226 valence electrons. The van der Waals surface area contributed by atoms with Crippen LogP contribution >= 0.6 is 0 Å². The van der Waals surface area contributed by atoms with Crippen molar-refractivity contribution in [3.05, 3.63) is 84.0 Å². The van der Waals surface area contributed by atoms with Crippen molar-refractivity contribution in [3.63, 3.8) is 0 Å². The normalized spacial score (nSPS) is 24.7. The molecule has 43 heavy (non-hydrogen) atoms. The van der Waals surface area contributed by atoms with Crippen LogP contribution in [-0.2, 0) is 16.1 Å². The summed E-state index contributed by atoms with van der Waals surface area (Å²) in [6, 6.07) is 14.4. The van der Waals surface area contributed by atoms with Gasteiger partial charge in [-0.3, -0.25) is 19.7 Å². The number of carbonyl (C=O) groups is 3. The highest BCUT2D eigenvalue weighted by molar-refractivity contribution is 6.05. The first kappa shape index (κ1) is 29.2. The van der Waals surface area contributed by atoms with Crippen molar-refractivity contribution < 1.29 is 19.1 Å². The summed E-state index contributed by atoms with van der Waals surface area (Å²) in [6.07, 6.45) is 6.94. The van der Waals surface area contributed by atoms with Gasteiger partial charge in [-0.05, 0) is 91.6 Å². The minimum Gasteiger partial charge on any atom is -0.490 e. The summed E-state index contributed by atoms with van der Waals surface area (Å²) in [5.41, 5.74) is 5.10. The van der Waals surface area contributed by atoms with Gasteiger partial charge in [0, 0.05) is 49.3 Å². The molecule has 2 atom stereocenters. The average Bonchev–Trinajstić information content (AvgIpc) is 3.32. The summed E-state index contributed by atoms with van der Waals surface area (Å²) in [4.78, 5) is 40.8. The first-order valence-corrected chi connectivity index (χ1v) is 15.6. The van der Waals surface area contributed by atoms with Crippen molar-refractivity contribution >= 4 is 23.4 Å². The molecule has 3 fully saturated rings. The third-order valence-corrected chi connectivity index (χ3v) is 9.78. The molecule has 0 aromatic heterocycles. The highest BCUT2D eigenvalue weighted by Gasteiger charge is 2.39. The van der Waals surface area contributed by atoms with Gasteiger partial charge in [-0.2, -0.15) is 0 Å². The van der Waals surface area contributed by atoms with Crippen molar-refractivity contribution in [1.82, 2.24) is 15.5 Å². The van der Waals surface area contributed by atoms with E-state index in [-0.39, 0.29) is 36.2 Å². The Bertz CT molecular complexity index is 1410. The van der Waals surface area contributed by atoms with Gasteiger partial charge in [0.15, 0.2) is 0 Å². The van der Waals surface area contributed by atoms with Gasteiger partial charge in [-0.25, -0.2) is 0 Å². The molecule has 8 heteroatoms. The SMILES string of the molecule is C=CC(=C)[C@H](C)c1ccc(N2CCC(CN[C@H]3C[C@H](Oc4ccc5c(c4)CN(C4CCC(=O)NC4=O)C5=O)C3)CC2)cc1. The topological polar surface area (TPSA) is 91.0 Å². The van der Waals surface area contributed by atoms with Crippen LogP contribution < -0.4 is 20.3 Å². The molecule has 4 aliphatic rings. The summed E-state index contributed by atoms with van der Waals surface area (Å²) in [7, 11) is 0. The van der Waals surface area contributed by atoms with Gasteiger partial charge < -0.3 is 19.9 Å². The molecule has 3 aliphatic heterocycles. The number of hydrogen-bond acceptors (Lipinski definition) is 6. The molecule has 1 unspecified atom stereocenters. The lowest BCUT2D eigenvalue weighted by molar-refractivity contribution is -0.136. The zero-order chi connectivity index (χ0) is 30.1. The number of nitrogens with one attached hydrogen (secondary N) is 2. The number of anilines is 1. The van der Waals surface area contributed by atoms with Crippen molar-refractivity contribution in [2.45, 2.75) is 76.1 Å². The van der Waals surface area contributed by atoms with E-state index in [1.54, 1.807) is 11.0 Å². The van der Waals surface area contributed by atoms with E-state index in [0.717, 1.165) is 49.4 Å². The molecule has 1 saturated carbocycles. The van der Waals surface area contributed by atoms with Crippen LogP contribution in [0.4, 0.5) is 5.69 Å². The second-order valence-electron chi connectivity index (χ2n) is 12.6. The Morgan fingerprint density at radius 1 is 1.09 bits per heavy atom. The summed E-state index contributed by atoms with van der Waals surface area (Å²) in [6.45, 7) is 13.7. The monoisotopic (exact) mass is 582 g/mol. The Kier molecular flexibility index (Phi) is 8.39. The first-order chi connectivity index (χ1) is 20.8. The Hall–Kier alpha value is -3.91. The van der Waals surface area contributed by atoms with Crippen LogP contribution in [0, 0.1) is 5.92 Å². The number of carbonyl (C=O) groups excluding carboxylic acids is 3. The predicted molar refractivity (Wildman–Crippen MR) is 167 cm³/mol. The van der Waals surface area contributed by atoms with E-state index in [0.29, 0.717) is 30.5 Å². The first-order valence-electron chi connectivity index (χ1n) is 15.6. The standard InChI is InChI=1S/C35H42N4O4/c1-4-22(2)23(3)25-5-7-28(8-6-25)38-15-13-24(14-16-38)20-36-27-18-30(19-27)43-29-9-10-31-26(17-29)21-39(35(31)42)32-11-12-33(40)37-34(32)41/h4-10,17,23-24,27,30,32,36H,1-2,11-16,18-21H2,3H3,(H,37,40,41)/t23-,27-,30-,32?/m0/s1. The molecule has 2 aromatic rings. The number of ether oxygens (including phenoxy) is 1. The quantitative estimate of drug-likeness (QED) is 0.312. The number of rotatable bonds is 10. The highest BCUT2D eigenvalue weighted by Crippen LogP contribution is 2.33. The Balaban J connectivity index is 0.912. The van der Waals surface area contributed by atoms with Crippen LogP contribution in [0.25, 0.3) is 0 Å². The van der Waals surface area contributed by atoms with E-state index in [1.807, 2.05) is 18.2 Å². The summed E-state index contributed by atoms with van der Waals surface area (Å²) in [5, 5.41) is 6.11. The van der Waals surface area contributed by atoms with Crippen molar-refractivity contribution in [1.29, 1.82) is 0 Å². The van der Waals surface area contributed by atoms with E-state index >= 15 is 0 Å². The Morgan fingerprint density at radius 2 is 1.84 bits per heavy atom. The molecule has 8 nitrogen and oxygen atoms in total. The summed E-state index contributed by atoms with van der Waals surface area (Å²) < 4.78 is 6.24. The number of imide groups is 1. The van der Waals surface area contributed by atoms with E-state index in [2.05, 4.69) is 59.9 Å². The second kappa shape index (κ2) is 12.4. The third-order valence-electron chi connectivity index (χ3n) is 9.78. The molecule has 0 spiro atoms. The van der Waals surface area contributed by atoms with Crippen LogP contribution in [0.3, 0.4) is 0 Å². The fourth-order valence-corrected chi connectivity index (χ4v) is 6.74. The molecular weight excluding hydrogens is 540 g/mol. The van der Waals surface area contributed by atoms with Gasteiger partial charge in [0.05, 0.1) is 0 Å². The number of nitrogens with zero attached hydrogens (tertiary/aromatic N) is 2. The van der Waals surface area contributed by atoms with Crippen molar-refractivity contribution in [3.8, 4) is 5.75 Å². The van der Waals surface area contributed by atoms with E-state index < -0.39 is 6.04 Å². The third kappa shape index (κ3) is 6.25. The van der Waals surface area contributed by atoms with Crippen molar-refractivity contribution in [2.24, 2.45) is 5.92 Å². The number of hydrogen-bond donors (Lipinski definition) is 2. The van der Waals surface area contributed by atoms with Crippen LogP contribution in [0.5, 0.6) is 5.75 Å². The molecule has 2 N–H and O–H groups in total. The zero-order valence-electron chi connectivity index (χ0n) is 25.0. The zero-order valence-corrected chi connectivity index (χ0v) is 25.0. The van der Waals surface area contributed by atoms with E-state index in [9.17, 15) is 14.4 Å². The minimum atomic E-state index is -0.600. The molecule has 0 bridgehead atoms. The van der Waals surface area contributed by atoms with Crippen LogP contribution in [0.2, 0.25) is 0 Å². The highest BCUT2D eigenvalue weighted by atomic mass is 16.5. The summed E-state index contributed by atoms with van der Waals surface area (Å²) >= 11 is 0. The minimum absolute atomic E-state index is 0.159. The molecule has 2 saturated heterocycles. The largest absolute Gasteiger partial charge is 0.490 e. The van der Waals surface area contributed by atoms with Gasteiger partial charge in [0.25, 0.3) is 5.91 Å². The lowest BCUT2D eigenvalue weighted by Gasteiger charge is -2.38. The molecule has 2 aromatic carbocycles. The number of benzene rings is 2. The number of piperidine rings is 2. The number of fused-ring (bicyclic) bond motifs is 1. The van der Waals surface area contributed by atoms with E-state index in [1.165, 1.54) is 24.1 Å². The maximum absolute atomic E-state index is 12.9. The second-order valence-corrected chi connectivity index (χ2v) is 12.6. The van der Waals surface area contributed by atoms with Crippen molar-refractivity contribution in [2.75, 3.05) is 24.5 Å². The molecule has 3 amide bonds.